The highest BCUT2D eigenvalue weighted by Gasteiger charge is 2.38. The molecule has 1 aliphatic rings. The third-order valence-corrected chi connectivity index (χ3v) is 12.4. The Hall–Kier alpha value is -7.42. The molecule has 280 valence electrons. The first-order valence-corrected chi connectivity index (χ1v) is 20.5. The third kappa shape index (κ3) is 5.79. The van der Waals surface area contributed by atoms with E-state index >= 15 is 0 Å². The Balaban J connectivity index is 1.04. The first kappa shape index (κ1) is 34.8. The maximum atomic E-state index is 2.45. The Bertz CT molecular complexity index is 3140. The largest absolute Gasteiger partial charge is 0.310 e. The van der Waals surface area contributed by atoms with E-state index in [1.807, 2.05) is 0 Å². The molecule has 1 aromatic heterocycles. The smallest absolute Gasteiger partial charge is 0.0543 e. The van der Waals surface area contributed by atoms with Crippen molar-refractivity contribution >= 4 is 38.9 Å². The molecule has 0 aliphatic heterocycles. The lowest BCUT2D eigenvalue weighted by molar-refractivity contribution is 0.660. The highest BCUT2D eigenvalue weighted by Crippen LogP contribution is 2.55. The number of hydrogen-bond donors (Lipinski definition) is 0. The summed E-state index contributed by atoms with van der Waals surface area (Å²) in [4.78, 5) is 2.45. The summed E-state index contributed by atoms with van der Waals surface area (Å²) in [5, 5.41) is 2.51. The Morgan fingerprint density at radius 3 is 1.56 bits per heavy atom. The molecule has 0 atom stereocenters. The number of hydrogen-bond acceptors (Lipinski definition) is 1. The molecular weight excluding hydrogens is 713 g/mol. The van der Waals surface area contributed by atoms with Crippen LogP contribution in [0.25, 0.3) is 72.0 Å². The Labute approximate surface area is 345 Å². The molecule has 9 aromatic carbocycles. The van der Waals surface area contributed by atoms with E-state index in [2.05, 4.69) is 242 Å². The Morgan fingerprint density at radius 1 is 0.373 bits per heavy atom. The summed E-state index contributed by atoms with van der Waals surface area (Å²) in [6, 6.07) is 79.8. The summed E-state index contributed by atoms with van der Waals surface area (Å²) in [6.45, 7) is 4.75. The van der Waals surface area contributed by atoms with Crippen LogP contribution < -0.4 is 4.90 Å². The summed E-state index contributed by atoms with van der Waals surface area (Å²) < 4.78 is 2.37. The van der Waals surface area contributed by atoms with Gasteiger partial charge in [0.05, 0.1) is 16.7 Å². The molecule has 0 saturated carbocycles. The van der Waals surface area contributed by atoms with Gasteiger partial charge in [-0.1, -0.05) is 166 Å². The molecule has 0 radical (unpaired) electrons. The Kier molecular flexibility index (Phi) is 8.20. The van der Waals surface area contributed by atoms with Crippen molar-refractivity contribution in [2.45, 2.75) is 19.3 Å². The molecular formula is C57H42N2. The molecule has 0 saturated heterocycles. The predicted molar refractivity (Wildman–Crippen MR) is 249 cm³/mol. The number of nitrogens with zero attached hydrogens (tertiary/aromatic N) is 2. The molecule has 1 heterocycles. The van der Waals surface area contributed by atoms with Crippen molar-refractivity contribution in [3.8, 4) is 50.2 Å². The zero-order valence-corrected chi connectivity index (χ0v) is 33.2. The monoisotopic (exact) mass is 754 g/mol. The lowest BCUT2D eigenvalue weighted by Crippen LogP contribution is -2.16. The van der Waals surface area contributed by atoms with Crippen molar-refractivity contribution in [1.82, 2.24) is 4.57 Å². The number of rotatable bonds is 7. The van der Waals surface area contributed by atoms with E-state index in [1.165, 1.54) is 88.8 Å². The number of anilines is 3. The molecule has 0 N–H and O–H groups in total. The minimum absolute atomic E-state index is 0.166. The lowest BCUT2D eigenvalue weighted by atomic mass is 9.81. The molecule has 11 rings (SSSR count). The van der Waals surface area contributed by atoms with Gasteiger partial charge in [0.1, 0.15) is 0 Å². The van der Waals surface area contributed by atoms with Crippen LogP contribution in [0, 0.1) is 0 Å². The molecule has 2 heteroatoms. The molecule has 10 aromatic rings. The van der Waals surface area contributed by atoms with E-state index in [0.29, 0.717) is 0 Å². The summed E-state index contributed by atoms with van der Waals surface area (Å²) in [5.41, 5.74) is 19.4. The van der Waals surface area contributed by atoms with Crippen LogP contribution in [-0.2, 0) is 5.41 Å². The summed E-state index contributed by atoms with van der Waals surface area (Å²) in [6.07, 6.45) is 0. The van der Waals surface area contributed by atoms with Crippen LogP contribution in [0.15, 0.2) is 218 Å². The summed E-state index contributed by atoms with van der Waals surface area (Å²) in [7, 11) is 0. The van der Waals surface area contributed by atoms with Gasteiger partial charge in [0.15, 0.2) is 0 Å². The molecule has 0 bridgehead atoms. The number of para-hydroxylation sites is 2. The standard InChI is InChI=1S/C57H42N2/c1-57(2)51-22-14-24-55(56(51)49-35-29-44(38-52(49)57)40-17-8-4-9-18-40)58(46-31-25-41(26-32-46)39-15-6-3-7-16-39)47-33-27-42(28-34-47)43-30-36-54-50(37-43)48-21-12-13-23-53(48)59(54)45-19-10-5-11-20-45/h3-38H,1-2H3. The van der Waals surface area contributed by atoms with Gasteiger partial charge in [0.2, 0.25) is 0 Å². The normalized spacial score (nSPS) is 12.7. The zero-order valence-electron chi connectivity index (χ0n) is 33.2. The second-order valence-corrected chi connectivity index (χ2v) is 16.2. The van der Waals surface area contributed by atoms with Crippen molar-refractivity contribution in [1.29, 1.82) is 0 Å². The number of fused-ring (bicyclic) bond motifs is 6. The van der Waals surface area contributed by atoms with E-state index in [-0.39, 0.29) is 5.41 Å². The zero-order chi connectivity index (χ0) is 39.5. The molecule has 0 fully saturated rings. The van der Waals surface area contributed by atoms with Gasteiger partial charge in [-0.3, -0.25) is 0 Å². The maximum absolute atomic E-state index is 2.45. The van der Waals surface area contributed by atoms with Crippen molar-refractivity contribution in [3.63, 3.8) is 0 Å². The quantitative estimate of drug-likeness (QED) is 0.157. The van der Waals surface area contributed by atoms with Crippen molar-refractivity contribution in [3.05, 3.63) is 230 Å². The lowest BCUT2D eigenvalue weighted by Gasteiger charge is -2.29. The van der Waals surface area contributed by atoms with Crippen LogP contribution in [0.2, 0.25) is 0 Å². The third-order valence-electron chi connectivity index (χ3n) is 12.4. The van der Waals surface area contributed by atoms with Crippen LogP contribution in [-0.4, -0.2) is 4.57 Å². The van der Waals surface area contributed by atoms with Crippen LogP contribution in [0.3, 0.4) is 0 Å². The van der Waals surface area contributed by atoms with E-state index in [9.17, 15) is 0 Å². The van der Waals surface area contributed by atoms with Gasteiger partial charge in [0.25, 0.3) is 0 Å². The van der Waals surface area contributed by atoms with E-state index < -0.39 is 0 Å². The fourth-order valence-corrected chi connectivity index (χ4v) is 9.44. The summed E-state index contributed by atoms with van der Waals surface area (Å²) in [5.74, 6) is 0. The molecule has 1 aliphatic carbocycles. The average Bonchev–Trinajstić information content (AvgIpc) is 3.75. The predicted octanol–water partition coefficient (Wildman–Crippen LogP) is 15.6. The summed E-state index contributed by atoms with van der Waals surface area (Å²) >= 11 is 0. The SMILES string of the molecule is CC1(C)c2cc(-c3ccccc3)ccc2-c2c(N(c3ccc(-c4ccccc4)cc3)c3ccc(-c4ccc5c(c4)c4ccccc4n5-c4ccccc4)cc3)cccc21. The second kappa shape index (κ2) is 13.9. The topological polar surface area (TPSA) is 8.17 Å². The first-order chi connectivity index (χ1) is 29.0. The van der Waals surface area contributed by atoms with Crippen molar-refractivity contribution in [2.75, 3.05) is 4.90 Å². The van der Waals surface area contributed by atoms with Gasteiger partial charge in [0, 0.05) is 38.8 Å². The van der Waals surface area contributed by atoms with Gasteiger partial charge in [-0.15, -0.1) is 0 Å². The molecule has 0 spiro atoms. The molecule has 0 amide bonds. The minimum Gasteiger partial charge on any atom is -0.310 e. The first-order valence-electron chi connectivity index (χ1n) is 20.5. The van der Waals surface area contributed by atoms with Gasteiger partial charge in [-0.25, -0.2) is 0 Å². The highest BCUT2D eigenvalue weighted by molar-refractivity contribution is 6.10. The van der Waals surface area contributed by atoms with Crippen molar-refractivity contribution < 1.29 is 0 Å². The average molecular weight is 755 g/mol. The number of benzene rings is 9. The fourth-order valence-electron chi connectivity index (χ4n) is 9.44. The molecule has 2 nitrogen and oxygen atoms in total. The number of aromatic nitrogens is 1. The van der Waals surface area contributed by atoms with Crippen molar-refractivity contribution in [2.24, 2.45) is 0 Å². The van der Waals surface area contributed by atoms with Gasteiger partial charge < -0.3 is 9.47 Å². The highest BCUT2D eigenvalue weighted by atomic mass is 15.1. The van der Waals surface area contributed by atoms with Crippen LogP contribution in [0.1, 0.15) is 25.0 Å². The molecule has 0 unspecified atom stereocenters. The van der Waals surface area contributed by atoms with Crippen LogP contribution >= 0.6 is 0 Å². The Morgan fingerprint density at radius 2 is 0.881 bits per heavy atom. The molecule has 59 heavy (non-hydrogen) atoms. The van der Waals surface area contributed by atoms with Crippen LogP contribution in [0.4, 0.5) is 17.1 Å². The minimum atomic E-state index is -0.166. The van der Waals surface area contributed by atoms with Gasteiger partial charge >= 0.3 is 0 Å². The maximum Gasteiger partial charge on any atom is 0.0543 e. The van der Waals surface area contributed by atoms with E-state index in [0.717, 1.165) is 11.4 Å². The fraction of sp³-hybridized carbons (Fsp3) is 0.0526. The second-order valence-electron chi connectivity index (χ2n) is 16.2. The van der Waals surface area contributed by atoms with Gasteiger partial charge in [-0.2, -0.15) is 0 Å². The van der Waals surface area contributed by atoms with E-state index in [4.69, 9.17) is 0 Å². The van der Waals surface area contributed by atoms with E-state index in [1.54, 1.807) is 0 Å². The van der Waals surface area contributed by atoms with Gasteiger partial charge in [-0.05, 0) is 117 Å². The van der Waals surface area contributed by atoms with Crippen LogP contribution in [0.5, 0.6) is 0 Å².